The predicted octanol–water partition coefficient (Wildman–Crippen LogP) is 2.88. The minimum Gasteiger partial charge on any atom is -0.487 e. The largest absolute Gasteiger partial charge is 0.487 e. The van der Waals surface area contributed by atoms with Gasteiger partial charge < -0.3 is 19.5 Å². The monoisotopic (exact) mass is 486 g/mol. The number of likely N-dealkylation sites (tertiary alicyclic amines) is 1. The van der Waals surface area contributed by atoms with Gasteiger partial charge in [-0.25, -0.2) is 8.42 Å². The molecule has 1 amide bonds. The van der Waals surface area contributed by atoms with Crippen LogP contribution in [0.1, 0.15) is 43.6 Å². The average molecular weight is 487 g/mol. The van der Waals surface area contributed by atoms with Gasteiger partial charge in [0.15, 0.2) is 0 Å². The molecular formula is C25H30N2O6S. The van der Waals surface area contributed by atoms with Gasteiger partial charge in [0.25, 0.3) is 10.0 Å². The Bertz CT molecular complexity index is 1130. The second-order valence-corrected chi connectivity index (χ2v) is 10.9. The first-order chi connectivity index (χ1) is 16.4. The minimum absolute atomic E-state index is 0.0864. The van der Waals surface area contributed by atoms with Gasteiger partial charge in [0.2, 0.25) is 5.91 Å². The summed E-state index contributed by atoms with van der Waals surface area (Å²) in [6, 6.07) is 13.4. The van der Waals surface area contributed by atoms with Crippen molar-refractivity contribution in [2.45, 2.75) is 61.2 Å². The van der Waals surface area contributed by atoms with Crippen LogP contribution in [-0.2, 0) is 19.6 Å². The summed E-state index contributed by atoms with van der Waals surface area (Å²) in [5.41, 5.74) is 1.32. The normalized spacial score (nSPS) is 26.3. The first-order valence-corrected chi connectivity index (χ1v) is 13.4. The van der Waals surface area contributed by atoms with Gasteiger partial charge in [0.1, 0.15) is 18.0 Å². The summed E-state index contributed by atoms with van der Waals surface area (Å²) in [6.45, 7) is 1.37. The van der Waals surface area contributed by atoms with Crippen molar-refractivity contribution in [3.05, 3.63) is 54.1 Å². The van der Waals surface area contributed by atoms with Crippen LogP contribution in [0.25, 0.3) is 0 Å². The Hall–Kier alpha value is -2.62. The maximum atomic E-state index is 12.8. The van der Waals surface area contributed by atoms with Crippen LogP contribution in [0, 0.1) is 0 Å². The molecule has 0 spiro atoms. The molecule has 2 fully saturated rings. The molecule has 4 atom stereocenters. The van der Waals surface area contributed by atoms with Crippen LogP contribution in [0.15, 0.2) is 53.4 Å². The van der Waals surface area contributed by atoms with Crippen LogP contribution in [0.5, 0.6) is 5.75 Å². The van der Waals surface area contributed by atoms with Crippen molar-refractivity contribution in [3.8, 4) is 5.75 Å². The minimum atomic E-state index is -3.72. The maximum absolute atomic E-state index is 12.8. The highest BCUT2D eigenvalue weighted by molar-refractivity contribution is 7.92. The number of hydrogen-bond donors (Lipinski definition) is 2. The number of nitrogens with zero attached hydrogens (tertiary/aromatic N) is 1. The van der Waals surface area contributed by atoms with Gasteiger partial charge in [-0.3, -0.25) is 9.52 Å². The van der Waals surface area contributed by atoms with Crippen LogP contribution < -0.4 is 9.46 Å². The first kappa shape index (κ1) is 23.1. The molecule has 182 valence electrons. The zero-order valence-corrected chi connectivity index (χ0v) is 19.7. The molecule has 3 heterocycles. The van der Waals surface area contributed by atoms with Crippen molar-refractivity contribution in [1.82, 2.24) is 4.90 Å². The Morgan fingerprint density at radius 2 is 1.85 bits per heavy atom. The second-order valence-electron chi connectivity index (χ2n) is 9.22. The van der Waals surface area contributed by atoms with Crippen molar-refractivity contribution in [2.24, 2.45) is 0 Å². The molecule has 9 heteroatoms. The van der Waals surface area contributed by atoms with E-state index in [2.05, 4.69) is 4.72 Å². The number of carbonyl (C=O) groups is 1. The van der Waals surface area contributed by atoms with Crippen molar-refractivity contribution in [3.63, 3.8) is 0 Å². The van der Waals surface area contributed by atoms with Crippen LogP contribution >= 0.6 is 0 Å². The average Bonchev–Trinajstić information content (AvgIpc) is 3.22. The predicted molar refractivity (Wildman–Crippen MR) is 126 cm³/mol. The second kappa shape index (κ2) is 9.56. The van der Waals surface area contributed by atoms with E-state index in [1.54, 1.807) is 48.5 Å². The van der Waals surface area contributed by atoms with E-state index in [4.69, 9.17) is 9.47 Å². The summed E-state index contributed by atoms with van der Waals surface area (Å²) < 4.78 is 40.4. The number of anilines is 1. The lowest BCUT2D eigenvalue weighted by molar-refractivity contribution is -0.149. The lowest BCUT2D eigenvalue weighted by atomic mass is 9.84. The first-order valence-electron chi connectivity index (χ1n) is 11.9. The van der Waals surface area contributed by atoms with E-state index in [9.17, 15) is 18.3 Å². The van der Waals surface area contributed by atoms with Gasteiger partial charge in [-0.1, -0.05) is 18.2 Å². The molecule has 5 rings (SSSR count). The van der Waals surface area contributed by atoms with Crippen molar-refractivity contribution in [2.75, 3.05) is 24.4 Å². The molecule has 3 aliphatic rings. The Kier molecular flexibility index (Phi) is 6.50. The number of fused-ring (bicyclic) bond motifs is 3. The fourth-order valence-electron chi connectivity index (χ4n) is 5.23. The van der Waals surface area contributed by atoms with Gasteiger partial charge in [0.05, 0.1) is 24.0 Å². The quantitative estimate of drug-likeness (QED) is 0.651. The molecule has 0 bridgehead atoms. The van der Waals surface area contributed by atoms with Gasteiger partial charge in [-0.15, -0.1) is 0 Å². The number of carbonyl (C=O) groups excluding carboxylic acids is 1. The van der Waals surface area contributed by atoms with Gasteiger partial charge in [-0.05, 0) is 56.0 Å². The summed E-state index contributed by atoms with van der Waals surface area (Å²) in [4.78, 5) is 14.9. The zero-order valence-electron chi connectivity index (χ0n) is 18.9. The van der Waals surface area contributed by atoms with E-state index >= 15 is 0 Å². The highest BCUT2D eigenvalue weighted by Gasteiger charge is 2.46. The van der Waals surface area contributed by atoms with E-state index in [0.717, 1.165) is 37.9 Å². The molecule has 2 N–H and O–H groups in total. The number of amides is 1. The van der Waals surface area contributed by atoms with E-state index in [-0.39, 0.29) is 42.0 Å². The Labute approximate surface area is 199 Å². The molecule has 2 aromatic carbocycles. The molecule has 34 heavy (non-hydrogen) atoms. The van der Waals surface area contributed by atoms with Crippen LogP contribution in [0.4, 0.5) is 5.69 Å². The summed E-state index contributed by atoms with van der Waals surface area (Å²) in [7, 11) is -3.72. The zero-order chi connectivity index (χ0) is 23.7. The Morgan fingerprint density at radius 3 is 2.59 bits per heavy atom. The fourth-order valence-corrected chi connectivity index (χ4v) is 6.30. The summed E-state index contributed by atoms with van der Waals surface area (Å²) >= 11 is 0. The molecule has 0 unspecified atom stereocenters. The molecule has 2 saturated heterocycles. The highest BCUT2D eigenvalue weighted by Crippen LogP contribution is 2.47. The number of aliphatic hydroxyl groups excluding tert-OH is 1. The van der Waals surface area contributed by atoms with Gasteiger partial charge in [0, 0.05) is 30.3 Å². The molecule has 8 nitrogen and oxygen atoms in total. The SMILES string of the molecule is O=C(C[C@@H]1C[C@@H]2c3cc(NS(=O)(=O)c4ccccc4)ccc3O[C@@H]2[C@H](CO)O1)N1CCCCC1. The number of hydrogen-bond acceptors (Lipinski definition) is 6. The number of sulfonamides is 1. The van der Waals surface area contributed by atoms with Crippen LogP contribution in [0.3, 0.4) is 0 Å². The number of rotatable bonds is 6. The maximum Gasteiger partial charge on any atom is 0.261 e. The van der Waals surface area contributed by atoms with Crippen LogP contribution in [-0.4, -0.2) is 62.3 Å². The number of piperidine rings is 1. The number of aliphatic hydroxyl groups is 1. The molecule has 0 aliphatic carbocycles. The van der Waals surface area contributed by atoms with E-state index in [1.807, 2.05) is 4.90 Å². The molecule has 3 aliphatic heterocycles. The number of nitrogens with one attached hydrogen (secondary N) is 1. The van der Waals surface area contributed by atoms with Crippen molar-refractivity contribution in [1.29, 1.82) is 0 Å². The van der Waals surface area contributed by atoms with Gasteiger partial charge >= 0.3 is 0 Å². The standard InChI is InChI=1S/C25H30N2O6S/c28-16-23-25-21(14-18(32-23)15-24(29)27-11-5-2-6-12-27)20-13-17(9-10-22(20)33-25)26-34(30,31)19-7-3-1-4-8-19/h1,3-4,7-10,13,18,21,23,25-26,28H,2,5-6,11-12,14-16H2/t18-,21+,23-,25-/m0/s1. The highest BCUT2D eigenvalue weighted by atomic mass is 32.2. The molecule has 0 saturated carbocycles. The van der Waals surface area contributed by atoms with E-state index in [0.29, 0.717) is 17.9 Å². The van der Waals surface area contributed by atoms with E-state index in [1.165, 1.54) is 0 Å². The van der Waals surface area contributed by atoms with Crippen molar-refractivity contribution < 1.29 is 27.8 Å². The lowest BCUT2D eigenvalue weighted by Crippen LogP contribution is -2.48. The number of benzene rings is 2. The Balaban J connectivity index is 1.34. The Morgan fingerprint density at radius 1 is 1.09 bits per heavy atom. The number of ether oxygens (including phenoxy) is 2. The molecule has 0 radical (unpaired) electrons. The third-order valence-corrected chi connectivity index (χ3v) is 8.31. The topological polar surface area (TPSA) is 105 Å². The van der Waals surface area contributed by atoms with Crippen molar-refractivity contribution >= 4 is 21.6 Å². The van der Waals surface area contributed by atoms with E-state index < -0.39 is 16.1 Å². The summed E-state index contributed by atoms with van der Waals surface area (Å²) in [5.74, 6) is 0.646. The van der Waals surface area contributed by atoms with Gasteiger partial charge in [-0.2, -0.15) is 0 Å². The molecular weight excluding hydrogens is 456 g/mol. The molecule has 0 aromatic heterocycles. The third kappa shape index (κ3) is 4.64. The summed E-state index contributed by atoms with van der Waals surface area (Å²) in [5, 5.41) is 9.96. The summed E-state index contributed by atoms with van der Waals surface area (Å²) in [6.07, 6.45) is 2.82. The third-order valence-electron chi connectivity index (χ3n) is 6.92. The molecule has 2 aromatic rings. The smallest absolute Gasteiger partial charge is 0.261 e. The lowest BCUT2D eigenvalue weighted by Gasteiger charge is -2.38. The fraction of sp³-hybridized carbons (Fsp3) is 0.480. The van der Waals surface area contributed by atoms with Crippen LogP contribution in [0.2, 0.25) is 0 Å².